The van der Waals surface area contributed by atoms with Gasteiger partial charge in [0.25, 0.3) is 0 Å². The van der Waals surface area contributed by atoms with Crippen molar-refractivity contribution in [3.05, 3.63) is 47.7 Å². The van der Waals surface area contributed by atoms with Crippen LogP contribution in [0.1, 0.15) is 19.8 Å². The SMILES string of the molecule is C=C/C(F)=C(/CC)NC(N)OCC1=CC=C(OC)[C@H](F)C1. The van der Waals surface area contributed by atoms with Crippen LogP contribution in [-0.4, -0.2) is 26.2 Å². The number of methoxy groups -OCH3 is 1. The van der Waals surface area contributed by atoms with Crippen LogP contribution in [0.5, 0.6) is 0 Å². The molecule has 3 N–H and O–H groups in total. The van der Waals surface area contributed by atoms with Crippen LogP contribution in [0, 0.1) is 0 Å². The van der Waals surface area contributed by atoms with Crippen molar-refractivity contribution >= 4 is 0 Å². The van der Waals surface area contributed by atoms with E-state index in [1.54, 1.807) is 19.1 Å². The Morgan fingerprint density at radius 1 is 1.62 bits per heavy atom. The molecule has 2 atom stereocenters. The fourth-order valence-corrected chi connectivity index (χ4v) is 1.88. The monoisotopic (exact) mass is 300 g/mol. The quantitative estimate of drug-likeness (QED) is 0.534. The molecule has 0 aromatic carbocycles. The van der Waals surface area contributed by atoms with Crippen LogP contribution in [0.2, 0.25) is 0 Å². The zero-order valence-electron chi connectivity index (χ0n) is 12.4. The predicted octanol–water partition coefficient (Wildman–Crippen LogP) is 2.81. The highest BCUT2D eigenvalue weighted by atomic mass is 19.1. The summed E-state index contributed by atoms with van der Waals surface area (Å²) in [5.41, 5.74) is 6.79. The molecule has 4 nitrogen and oxygen atoms in total. The maximum Gasteiger partial charge on any atom is 0.181 e. The van der Waals surface area contributed by atoms with Crippen molar-refractivity contribution in [2.45, 2.75) is 32.3 Å². The number of allylic oxidation sites excluding steroid dienone is 6. The van der Waals surface area contributed by atoms with Crippen LogP contribution in [0.4, 0.5) is 8.78 Å². The highest BCUT2D eigenvalue weighted by Crippen LogP contribution is 2.22. The molecule has 0 fully saturated rings. The number of nitrogens with two attached hydrogens (primary N) is 1. The molecule has 0 aromatic heterocycles. The summed E-state index contributed by atoms with van der Waals surface area (Å²) in [5, 5.41) is 2.72. The Hall–Kier alpha value is -1.66. The zero-order chi connectivity index (χ0) is 15.8. The molecule has 0 radical (unpaired) electrons. The molecule has 1 rings (SSSR count). The largest absolute Gasteiger partial charge is 0.498 e. The molecule has 0 saturated heterocycles. The number of halogens is 2. The van der Waals surface area contributed by atoms with E-state index in [2.05, 4.69) is 11.9 Å². The van der Waals surface area contributed by atoms with Gasteiger partial charge in [0.05, 0.1) is 13.7 Å². The van der Waals surface area contributed by atoms with Crippen LogP contribution in [0.3, 0.4) is 0 Å². The molecule has 0 bridgehead atoms. The van der Waals surface area contributed by atoms with Crippen LogP contribution in [0.15, 0.2) is 47.7 Å². The summed E-state index contributed by atoms with van der Waals surface area (Å²) < 4.78 is 37.3. The first kappa shape index (κ1) is 17.4. The van der Waals surface area contributed by atoms with Gasteiger partial charge >= 0.3 is 0 Å². The average Bonchev–Trinajstić information content (AvgIpc) is 2.49. The number of hydrogen-bond donors (Lipinski definition) is 2. The van der Waals surface area contributed by atoms with Crippen molar-refractivity contribution in [2.75, 3.05) is 13.7 Å². The van der Waals surface area contributed by atoms with Crippen LogP contribution < -0.4 is 11.1 Å². The van der Waals surface area contributed by atoms with E-state index in [1.807, 2.05) is 0 Å². The van der Waals surface area contributed by atoms with Gasteiger partial charge in [-0.3, -0.25) is 5.73 Å². The van der Waals surface area contributed by atoms with Gasteiger partial charge in [0, 0.05) is 12.1 Å². The second kappa shape index (κ2) is 8.59. The van der Waals surface area contributed by atoms with E-state index in [-0.39, 0.29) is 13.0 Å². The third-order valence-electron chi connectivity index (χ3n) is 3.05. The summed E-state index contributed by atoms with van der Waals surface area (Å²) in [5.74, 6) is -0.171. The van der Waals surface area contributed by atoms with Gasteiger partial charge in [-0.05, 0) is 24.1 Å². The van der Waals surface area contributed by atoms with Crippen molar-refractivity contribution in [3.63, 3.8) is 0 Å². The average molecular weight is 300 g/mol. The molecule has 21 heavy (non-hydrogen) atoms. The van der Waals surface area contributed by atoms with Crippen molar-refractivity contribution in [2.24, 2.45) is 5.73 Å². The molecule has 1 aliphatic carbocycles. The number of alkyl halides is 1. The normalized spacial score (nSPS) is 20.9. The van der Waals surface area contributed by atoms with Gasteiger partial charge in [0.1, 0.15) is 11.6 Å². The summed E-state index contributed by atoms with van der Waals surface area (Å²) in [4.78, 5) is 0. The first-order valence-corrected chi connectivity index (χ1v) is 6.74. The fraction of sp³-hybridized carbons (Fsp3) is 0.467. The topological polar surface area (TPSA) is 56.5 Å². The summed E-state index contributed by atoms with van der Waals surface area (Å²) in [6.45, 7) is 5.30. The summed E-state index contributed by atoms with van der Waals surface area (Å²) in [6, 6.07) is 0. The van der Waals surface area contributed by atoms with E-state index >= 15 is 0 Å². The Morgan fingerprint density at radius 3 is 2.86 bits per heavy atom. The molecule has 0 spiro atoms. The third kappa shape index (κ3) is 5.32. The maximum atomic E-state index is 13.6. The van der Waals surface area contributed by atoms with E-state index in [0.717, 1.165) is 11.6 Å². The Balaban J connectivity index is 2.51. The molecular formula is C15H22F2N2O2. The second-order valence-corrected chi connectivity index (χ2v) is 4.53. The van der Waals surface area contributed by atoms with Crippen LogP contribution in [-0.2, 0) is 9.47 Å². The molecule has 0 aliphatic heterocycles. The summed E-state index contributed by atoms with van der Waals surface area (Å²) in [6.07, 6.45) is 2.99. The minimum Gasteiger partial charge on any atom is -0.498 e. The summed E-state index contributed by atoms with van der Waals surface area (Å²) in [7, 11) is 1.43. The number of rotatable bonds is 8. The maximum absolute atomic E-state index is 13.6. The van der Waals surface area contributed by atoms with Gasteiger partial charge in [-0.25, -0.2) is 8.78 Å². The Bertz CT molecular complexity index is 459. The van der Waals surface area contributed by atoms with E-state index in [9.17, 15) is 8.78 Å². The van der Waals surface area contributed by atoms with E-state index in [1.165, 1.54) is 7.11 Å². The van der Waals surface area contributed by atoms with Crippen molar-refractivity contribution in [1.29, 1.82) is 0 Å². The van der Waals surface area contributed by atoms with Gasteiger partial charge in [0.2, 0.25) is 0 Å². The Morgan fingerprint density at radius 2 is 2.33 bits per heavy atom. The van der Waals surface area contributed by atoms with E-state index < -0.39 is 18.4 Å². The van der Waals surface area contributed by atoms with Gasteiger partial charge < -0.3 is 14.8 Å². The molecule has 1 aliphatic rings. The first-order valence-electron chi connectivity index (χ1n) is 6.74. The second-order valence-electron chi connectivity index (χ2n) is 4.53. The van der Waals surface area contributed by atoms with Gasteiger partial charge in [-0.1, -0.05) is 19.6 Å². The Kier molecular flexibility index (Phi) is 7.11. The van der Waals surface area contributed by atoms with Gasteiger partial charge in [-0.2, -0.15) is 0 Å². The van der Waals surface area contributed by atoms with E-state index in [0.29, 0.717) is 17.9 Å². The molecule has 0 heterocycles. The minimum absolute atomic E-state index is 0.161. The van der Waals surface area contributed by atoms with Crippen LogP contribution in [0.25, 0.3) is 0 Å². The van der Waals surface area contributed by atoms with Gasteiger partial charge in [-0.15, -0.1) is 0 Å². The highest BCUT2D eigenvalue weighted by molar-refractivity contribution is 5.25. The highest BCUT2D eigenvalue weighted by Gasteiger charge is 2.19. The molecule has 0 saturated carbocycles. The Labute approximate surface area is 124 Å². The van der Waals surface area contributed by atoms with Crippen molar-refractivity contribution in [3.8, 4) is 0 Å². The molecular weight excluding hydrogens is 278 g/mol. The zero-order valence-corrected chi connectivity index (χ0v) is 12.4. The molecule has 6 heteroatoms. The minimum atomic E-state index is -1.17. The first-order chi connectivity index (χ1) is 10.0. The predicted molar refractivity (Wildman–Crippen MR) is 78.4 cm³/mol. The molecule has 1 unspecified atom stereocenters. The molecule has 118 valence electrons. The lowest BCUT2D eigenvalue weighted by Gasteiger charge is -2.21. The summed E-state index contributed by atoms with van der Waals surface area (Å²) >= 11 is 0. The number of hydrogen-bond acceptors (Lipinski definition) is 4. The van der Waals surface area contributed by atoms with E-state index in [4.69, 9.17) is 15.2 Å². The number of ether oxygens (including phenoxy) is 2. The van der Waals surface area contributed by atoms with Crippen molar-refractivity contribution in [1.82, 2.24) is 5.32 Å². The lowest BCUT2D eigenvalue weighted by Crippen LogP contribution is -2.40. The number of nitrogens with one attached hydrogen (secondary N) is 1. The van der Waals surface area contributed by atoms with Gasteiger partial charge in [0.15, 0.2) is 12.5 Å². The third-order valence-corrected chi connectivity index (χ3v) is 3.05. The molecule has 0 aromatic rings. The standard InChI is InChI=1S/C15H22F2N2O2/c1-4-11(16)13(5-2)19-15(18)21-9-10-6-7-14(20-3)12(17)8-10/h4,6-7,12,15,19H,1,5,8-9,18H2,2-3H3/b13-11+/t12-,15?/m1/s1. The smallest absolute Gasteiger partial charge is 0.181 e. The van der Waals surface area contributed by atoms with Crippen molar-refractivity contribution < 1.29 is 18.3 Å². The fourth-order valence-electron chi connectivity index (χ4n) is 1.88. The molecule has 0 amide bonds. The van der Waals surface area contributed by atoms with Crippen LogP contribution >= 0.6 is 0 Å². The lowest BCUT2D eigenvalue weighted by atomic mass is 10.0. The lowest BCUT2D eigenvalue weighted by molar-refractivity contribution is 0.0525.